The van der Waals surface area contributed by atoms with E-state index in [9.17, 15) is 19.5 Å². The molecule has 0 radical (unpaired) electrons. The second-order valence-corrected chi connectivity index (χ2v) is 9.83. The Hall–Kier alpha value is -3.19. The van der Waals surface area contributed by atoms with Crippen molar-refractivity contribution in [1.29, 1.82) is 0 Å². The van der Waals surface area contributed by atoms with Crippen molar-refractivity contribution >= 4 is 46.5 Å². The molecule has 0 aliphatic carbocycles. The Balaban J connectivity index is 1.75. The van der Waals surface area contributed by atoms with Crippen LogP contribution in [0.2, 0.25) is 10.0 Å². The lowest BCUT2D eigenvalue weighted by molar-refractivity contribution is -0.141. The number of halogens is 2. The van der Waals surface area contributed by atoms with Crippen molar-refractivity contribution in [2.24, 2.45) is 5.92 Å². The Kier molecular flexibility index (Phi) is 9.86. The van der Waals surface area contributed by atoms with Gasteiger partial charge in [0.2, 0.25) is 5.91 Å². The average Bonchev–Trinajstić information content (AvgIpc) is 2.88. The highest BCUT2D eigenvalue weighted by Gasteiger charge is 2.27. The van der Waals surface area contributed by atoms with Crippen molar-refractivity contribution in [2.75, 3.05) is 18.4 Å². The van der Waals surface area contributed by atoms with E-state index in [-0.39, 0.29) is 18.2 Å². The topological polar surface area (TPSA) is 86.7 Å². The van der Waals surface area contributed by atoms with E-state index in [0.717, 1.165) is 11.1 Å². The standard InChI is InChI=1S/C29H30Cl2N2O4/c1-4-14-33(29(37)27(35)22-6-5-7-24(31)15-22)17-18(2)28(36)32-26-13-10-21(16-25(26)19(3)34)20-8-11-23(30)12-9-20/h5-13,15-16,18,27,35H,4,14,17H2,1-3H3,(H,32,36). The van der Waals surface area contributed by atoms with Crippen molar-refractivity contribution < 1.29 is 19.5 Å². The Morgan fingerprint density at radius 3 is 2.24 bits per heavy atom. The molecule has 3 rings (SSSR count). The first-order valence-electron chi connectivity index (χ1n) is 12.0. The van der Waals surface area contributed by atoms with Crippen molar-refractivity contribution in [3.8, 4) is 11.1 Å². The number of nitrogens with zero attached hydrogens (tertiary/aromatic N) is 1. The molecule has 0 fully saturated rings. The lowest BCUT2D eigenvalue weighted by Gasteiger charge is -2.27. The van der Waals surface area contributed by atoms with Gasteiger partial charge in [0.1, 0.15) is 0 Å². The Morgan fingerprint density at radius 1 is 0.946 bits per heavy atom. The molecule has 0 bridgehead atoms. The molecule has 0 aromatic heterocycles. The van der Waals surface area contributed by atoms with Crippen LogP contribution in [0.5, 0.6) is 0 Å². The summed E-state index contributed by atoms with van der Waals surface area (Å²) >= 11 is 12.0. The molecular formula is C29H30Cl2N2O4. The van der Waals surface area contributed by atoms with Gasteiger partial charge in [-0.2, -0.15) is 0 Å². The Morgan fingerprint density at radius 2 is 1.62 bits per heavy atom. The summed E-state index contributed by atoms with van der Waals surface area (Å²) in [4.78, 5) is 40.0. The zero-order valence-electron chi connectivity index (χ0n) is 21.0. The highest BCUT2D eigenvalue weighted by atomic mass is 35.5. The first-order valence-corrected chi connectivity index (χ1v) is 12.8. The number of anilines is 1. The normalized spacial score (nSPS) is 12.5. The monoisotopic (exact) mass is 540 g/mol. The van der Waals surface area contributed by atoms with Crippen LogP contribution in [0.4, 0.5) is 5.69 Å². The minimum absolute atomic E-state index is 0.106. The van der Waals surface area contributed by atoms with Crippen LogP contribution in [0, 0.1) is 5.92 Å². The molecule has 37 heavy (non-hydrogen) atoms. The summed E-state index contributed by atoms with van der Waals surface area (Å²) in [6, 6.07) is 19.0. The van der Waals surface area contributed by atoms with Gasteiger partial charge >= 0.3 is 0 Å². The Bertz CT molecular complexity index is 1280. The van der Waals surface area contributed by atoms with Gasteiger partial charge in [-0.25, -0.2) is 0 Å². The second kappa shape index (κ2) is 12.9. The molecule has 0 heterocycles. The van der Waals surface area contributed by atoms with Gasteiger partial charge in [0, 0.05) is 28.7 Å². The van der Waals surface area contributed by atoms with Gasteiger partial charge < -0.3 is 15.3 Å². The molecule has 0 aliphatic heterocycles. The van der Waals surface area contributed by atoms with Crippen LogP contribution in [0.15, 0.2) is 66.7 Å². The van der Waals surface area contributed by atoms with Crippen molar-refractivity contribution in [1.82, 2.24) is 4.90 Å². The third kappa shape index (κ3) is 7.41. The number of carbonyl (C=O) groups excluding carboxylic acids is 3. The number of hydrogen-bond acceptors (Lipinski definition) is 4. The predicted octanol–water partition coefficient (Wildman–Crippen LogP) is 6.41. The molecule has 194 valence electrons. The summed E-state index contributed by atoms with van der Waals surface area (Å²) in [6.07, 6.45) is -0.728. The fourth-order valence-corrected chi connectivity index (χ4v) is 4.31. The van der Waals surface area contributed by atoms with Crippen LogP contribution >= 0.6 is 23.2 Å². The molecular weight excluding hydrogens is 511 g/mol. The van der Waals surface area contributed by atoms with Gasteiger partial charge in [0.25, 0.3) is 5.91 Å². The molecule has 6 nitrogen and oxygen atoms in total. The number of benzene rings is 3. The molecule has 8 heteroatoms. The van der Waals surface area contributed by atoms with E-state index in [1.807, 2.05) is 25.1 Å². The summed E-state index contributed by atoms with van der Waals surface area (Å²) in [5.74, 6) is -1.63. The van der Waals surface area contributed by atoms with Crippen LogP contribution in [0.25, 0.3) is 11.1 Å². The minimum Gasteiger partial charge on any atom is -0.378 e. The van der Waals surface area contributed by atoms with Crippen molar-refractivity contribution in [3.63, 3.8) is 0 Å². The third-order valence-electron chi connectivity index (χ3n) is 5.98. The average molecular weight is 541 g/mol. The molecule has 3 aromatic rings. The summed E-state index contributed by atoms with van der Waals surface area (Å²) < 4.78 is 0. The number of carbonyl (C=O) groups is 3. The fourth-order valence-electron chi connectivity index (χ4n) is 3.99. The van der Waals surface area contributed by atoms with E-state index in [2.05, 4.69) is 5.32 Å². The highest BCUT2D eigenvalue weighted by Crippen LogP contribution is 2.27. The number of aliphatic hydroxyl groups excluding tert-OH is 1. The van der Waals surface area contributed by atoms with Crippen LogP contribution in [0.3, 0.4) is 0 Å². The maximum atomic E-state index is 13.1. The molecule has 2 unspecified atom stereocenters. The fraction of sp³-hybridized carbons (Fsp3) is 0.276. The van der Waals surface area contributed by atoms with E-state index in [1.54, 1.807) is 55.5 Å². The minimum atomic E-state index is -1.38. The highest BCUT2D eigenvalue weighted by molar-refractivity contribution is 6.31. The Labute approximate surface area is 227 Å². The molecule has 0 saturated heterocycles. The first-order chi connectivity index (χ1) is 17.6. The van der Waals surface area contributed by atoms with Gasteiger partial charge in [0.05, 0.1) is 11.6 Å². The first kappa shape index (κ1) is 28.4. The molecule has 0 saturated carbocycles. The summed E-state index contributed by atoms with van der Waals surface area (Å²) in [5, 5.41) is 14.5. The maximum absolute atomic E-state index is 13.1. The predicted molar refractivity (Wildman–Crippen MR) is 148 cm³/mol. The third-order valence-corrected chi connectivity index (χ3v) is 6.47. The van der Waals surface area contributed by atoms with Gasteiger partial charge in [0.15, 0.2) is 11.9 Å². The number of rotatable bonds is 10. The van der Waals surface area contributed by atoms with Crippen LogP contribution in [-0.4, -0.2) is 40.7 Å². The number of hydrogen-bond donors (Lipinski definition) is 2. The number of Topliss-reactive ketones (excluding diaryl/α,β-unsaturated/α-hetero) is 1. The van der Waals surface area contributed by atoms with E-state index in [0.29, 0.717) is 39.8 Å². The quantitative estimate of drug-likeness (QED) is 0.291. The van der Waals surface area contributed by atoms with Crippen LogP contribution in [-0.2, 0) is 9.59 Å². The van der Waals surface area contributed by atoms with Crippen LogP contribution in [0.1, 0.15) is 49.2 Å². The van der Waals surface area contributed by atoms with Crippen LogP contribution < -0.4 is 5.32 Å². The zero-order valence-corrected chi connectivity index (χ0v) is 22.5. The van der Waals surface area contributed by atoms with E-state index < -0.39 is 17.9 Å². The SMILES string of the molecule is CCCN(CC(C)C(=O)Nc1ccc(-c2ccc(Cl)cc2)cc1C(C)=O)C(=O)C(O)c1cccc(Cl)c1. The molecule has 2 atom stereocenters. The number of amides is 2. The molecule has 2 amide bonds. The second-order valence-electron chi connectivity index (χ2n) is 8.96. The maximum Gasteiger partial charge on any atom is 0.256 e. The molecule has 2 N–H and O–H groups in total. The molecule has 0 aliphatic rings. The summed E-state index contributed by atoms with van der Waals surface area (Å²) in [7, 11) is 0. The molecule has 0 spiro atoms. The lowest BCUT2D eigenvalue weighted by atomic mass is 9.99. The number of ketones is 1. The van der Waals surface area contributed by atoms with Gasteiger partial charge in [-0.3, -0.25) is 14.4 Å². The van der Waals surface area contributed by atoms with E-state index in [4.69, 9.17) is 23.2 Å². The van der Waals surface area contributed by atoms with Gasteiger partial charge in [-0.1, -0.05) is 67.4 Å². The van der Waals surface area contributed by atoms with Gasteiger partial charge in [-0.15, -0.1) is 0 Å². The van der Waals surface area contributed by atoms with E-state index >= 15 is 0 Å². The smallest absolute Gasteiger partial charge is 0.256 e. The van der Waals surface area contributed by atoms with Gasteiger partial charge in [-0.05, 0) is 66.4 Å². The zero-order chi connectivity index (χ0) is 27.1. The van der Waals surface area contributed by atoms with E-state index in [1.165, 1.54) is 11.8 Å². The van der Waals surface area contributed by atoms with Crippen molar-refractivity contribution in [3.05, 3.63) is 87.9 Å². The summed E-state index contributed by atoms with van der Waals surface area (Å²) in [5.41, 5.74) is 2.88. The molecule has 3 aromatic carbocycles. The lowest BCUT2D eigenvalue weighted by Crippen LogP contribution is -2.41. The number of aliphatic hydroxyl groups is 1. The largest absolute Gasteiger partial charge is 0.378 e. The summed E-state index contributed by atoms with van der Waals surface area (Å²) in [6.45, 7) is 5.54. The number of nitrogens with one attached hydrogen (secondary N) is 1. The van der Waals surface area contributed by atoms with Crippen molar-refractivity contribution in [2.45, 2.75) is 33.3 Å².